The molecule has 0 heterocycles. The highest BCUT2D eigenvalue weighted by atomic mass is 79.9. The Balaban J connectivity index is 2.19. The minimum atomic E-state index is 0.0572. The van der Waals surface area contributed by atoms with Gasteiger partial charge in [-0.05, 0) is 52.7 Å². The fraction of sp³-hybridized carbons (Fsp3) is 0.143. The Hall–Kier alpha value is -0.900. The number of aromatic hydroxyl groups is 1. The molecule has 0 aliphatic heterocycles. The summed E-state index contributed by atoms with van der Waals surface area (Å²) in [6.07, 6.45) is 0. The van der Waals surface area contributed by atoms with Gasteiger partial charge in [-0.15, -0.1) is 0 Å². The molecule has 0 spiro atoms. The van der Waals surface area contributed by atoms with Crippen LogP contribution in [0.3, 0.4) is 0 Å². The van der Waals surface area contributed by atoms with E-state index in [2.05, 4.69) is 21.2 Å². The Morgan fingerprint density at radius 2 is 1.95 bits per heavy atom. The van der Waals surface area contributed by atoms with Crippen molar-refractivity contribution in [2.45, 2.75) is 13.5 Å². The van der Waals surface area contributed by atoms with E-state index in [1.807, 2.05) is 25.1 Å². The van der Waals surface area contributed by atoms with Gasteiger partial charge in [-0.25, -0.2) is 0 Å². The summed E-state index contributed by atoms with van der Waals surface area (Å²) in [4.78, 5) is 0. The minimum Gasteiger partial charge on any atom is -0.506 e. The molecule has 0 aliphatic rings. The highest BCUT2D eigenvalue weighted by molar-refractivity contribution is 9.10. The number of halogens is 3. The number of phenols is 1. The molecule has 2 aromatic carbocycles. The SMILES string of the molecule is Cc1ccc(NCc2cc(Cl)cc(Cl)c2O)c(Br)c1. The van der Waals surface area contributed by atoms with Crippen molar-refractivity contribution >= 4 is 44.8 Å². The summed E-state index contributed by atoms with van der Waals surface area (Å²) in [5.74, 6) is 0.0572. The van der Waals surface area contributed by atoms with Crippen LogP contribution in [0.15, 0.2) is 34.8 Å². The van der Waals surface area contributed by atoms with Gasteiger partial charge in [0.2, 0.25) is 0 Å². The molecule has 100 valence electrons. The van der Waals surface area contributed by atoms with E-state index < -0.39 is 0 Å². The summed E-state index contributed by atoms with van der Waals surface area (Å²) >= 11 is 15.3. The summed E-state index contributed by atoms with van der Waals surface area (Å²) in [6, 6.07) is 9.22. The number of hydrogen-bond acceptors (Lipinski definition) is 2. The normalized spacial score (nSPS) is 10.5. The van der Waals surface area contributed by atoms with Gasteiger partial charge in [-0.3, -0.25) is 0 Å². The highest BCUT2D eigenvalue weighted by Crippen LogP contribution is 2.32. The van der Waals surface area contributed by atoms with Gasteiger partial charge in [0.15, 0.2) is 0 Å². The van der Waals surface area contributed by atoms with Crippen molar-refractivity contribution in [3.8, 4) is 5.75 Å². The average molecular weight is 361 g/mol. The standard InChI is InChI=1S/C14H12BrCl2NO/c1-8-2-3-13(11(15)4-8)18-7-9-5-10(16)6-12(17)14(9)19/h2-6,18-19H,7H2,1H3. The number of benzene rings is 2. The monoisotopic (exact) mass is 359 g/mol. The van der Waals surface area contributed by atoms with E-state index in [9.17, 15) is 5.11 Å². The van der Waals surface area contributed by atoms with Gasteiger partial charge in [0.1, 0.15) is 5.75 Å². The van der Waals surface area contributed by atoms with Crippen LogP contribution in [0.5, 0.6) is 5.75 Å². The second-order valence-corrected chi connectivity index (χ2v) is 5.93. The maximum absolute atomic E-state index is 9.87. The molecule has 0 aromatic heterocycles. The smallest absolute Gasteiger partial charge is 0.139 e. The van der Waals surface area contributed by atoms with Gasteiger partial charge in [-0.2, -0.15) is 0 Å². The average Bonchev–Trinajstić information content (AvgIpc) is 2.33. The van der Waals surface area contributed by atoms with Gasteiger partial charge >= 0.3 is 0 Å². The predicted molar refractivity (Wildman–Crippen MR) is 84.3 cm³/mol. The van der Waals surface area contributed by atoms with E-state index in [0.29, 0.717) is 17.1 Å². The first-order chi connectivity index (χ1) is 8.97. The van der Waals surface area contributed by atoms with Crippen molar-refractivity contribution < 1.29 is 5.11 Å². The first-order valence-electron chi connectivity index (χ1n) is 5.64. The Bertz CT molecular complexity index is 617. The highest BCUT2D eigenvalue weighted by Gasteiger charge is 2.08. The second-order valence-electron chi connectivity index (χ2n) is 4.23. The molecule has 0 radical (unpaired) electrons. The fourth-order valence-electron chi connectivity index (χ4n) is 1.71. The predicted octanol–water partition coefficient (Wildman–Crippen LogP) is 5.38. The molecule has 0 unspecified atom stereocenters. The van der Waals surface area contributed by atoms with E-state index in [0.717, 1.165) is 10.2 Å². The minimum absolute atomic E-state index is 0.0572. The molecule has 0 atom stereocenters. The van der Waals surface area contributed by atoms with Gasteiger partial charge in [0.25, 0.3) is 0 Å². The summed E-state index contributed by atoms with van der Waals surface area (Å²) < 4.78 is 0.972. The third kappa shape index (κ3) is 3.56. The third-order valence-electron chi connectivity index (χ3n) is 2.70. The summed E-state index contributed by atoms with van der Waals surface area (Å²) in [6.45, 7) is 2.46. The molecule has 2 aromatic rings. The van der Waals surface area contributed by atoms with Crippen LogP contribution in [0.2, 0.25) is 10.0 Å². The molecule has 0 saturated carbocycles. The lowest BCUT2D eigenvalue weighted by Gasteiger charge is -2.11. The maximum Gasteiger partial charge on any atom is 0.139 e. The topological polar surface area (TPSA) is 32.3 Å². The van der Waals surface area contributed by atoms with E-state index in [4.69, 9.17) is 23.2 Å². The number of hydrogen-bond donors (Lipinski definition) is 2. The molecule has 0 saturated heterocycles. The van der Waals surface area contributed by atoms with Gasteiger partial charge < -0.3 is 10.4 Å². The van der Waals surface area contributed by atoms with E-state index >= 15 is 0 Å². The summed E-state index contributed by atoms with van der Waals surface area (Å²) in [5.41, 5.74) is 2.78. The van der Waals surface area contributed by atoms with Gasteiger partial charge in [-0.1, -0.05) is 29.3 Å². The van der Waals surface area contributed by atoms with Crippen molar-refractivity contribution in [2.24, 2.45) is 0 Å². The second kappa shape index (κ2) is 6.04. The van der Waals surface area contributed by atoms with Crippen LogP contribution in [-0.2, 0) is 6.54 Å². The molecule has 5 heteroatoms. The Kier molecular flexibility index (Phi) is 4.61. The van der Waals surface area contributed by atoms with E-state index in [1.54, 1.807) is 6.07 Å². The molecular formula is C14H12BrCl2NO. The zero-order chi connectivity index (χ0) is 14.0. The van der Waals surface area contributed by atoms with Crippen molar-refractivity contribution in [1.29, 1.82) is 0 Å². The van der Waals surface area contributed by atoms with Crippen molar-refractivity contribution in [3.63, 3.8) is 0 Å². The third-order valence-corrected chi connectivity index (χ3v) is 3.86. The fourth-order valence-corrected chi connectivity index (χ4v) is 2.88. The number of rotatable bonds is 3. The van der Waals surface area contributed by atoms with Gasteiger partial charge in [0.05, 0.1) is 5.02 Å². The summed E-state index contributed by atoms with van der Waals surface area (Å²) in [7, 11) is 0. The van der Waals surface area contributed by atoms with Crippen molar-refractivity contribution in [3.05, 3.63) is 56.0 Å². The summed E-state index contributed by atoms with van der Waals surface area (Å²) in [5, 5.41) is 13.9. The van der Waals surface area contributed by atoms with Crippen LogP contribution in [0.1, 0.15) is 11.1 Å². The first-order valence-corrected chi connectivity index (χ1v) is 7.19. The van der Waals surface area contributed by atoms with Crippen LogP contribution in [0.4, 0.5) is 5.69 Å². The van der Waals surface area contributed by atoms with Crippen LogP contribution >= 0.6 is 39.1 Å². The zero-order valence-electron chi connectivity index (χ0n) is 10.2. The molecule has 2 rings (SSSR count). The lowest BCUT2D eigenvalue weighted by Crippen LogP contribution is -2.01. The maximum atomic E-state index is 9.87. The Morgan fingerprint density at radius 3 is 2.63 bits per heavy atom. The Morgan fingerprint density at radius 1 is 1.21 bits per heavy atom. The molecule has 19 heavy (non-hydrogen) atoms. The van der Waals surface area contributed by atoms with Crippen LogP contribution < -0.4 is 5.32 Å². The Labute approximate surface area is 130 Å². The van der Waals surface area contributed by atoms with Crippen molar-refractivity contribution in [2.75, 3.05) is 5.32 Å². The number of aryl methyl sites for hydroxylation is 1. The molecule has 0 amide bonds. The molecule has 0 aliphatic carbocycles. The lowest BCUT2D eigenvalue weighted by molar-refractivity contribution is 0.469. The van der Waals surface area contributed by atoms with Crippen LogP contribution in [0, 0.1) is 6.92 Å². The number of anilines is 1. The van der Waals surface area contributed by atoms with Crippen LogP contribution in [0.25, 0.3) is 0 Å². The number of nitrogens with one attached hydrogen (secondary N) is 1. The molecular weight excluding hydrogens is 349 g/mol. The van der Waals surface area contributed by atoms with E-state index in [-0.39, 0.29) is 10.8 Å². The molecule has 2 N–H and O–H groups in total. The number of phenolic OH excluding ortho intramolecular Hbond substituents is 1. The van der Waals surface area contributed by atoms with Crippen LogP contribution in [-0.4, -0.2) is 5.11 Å². The zero-order valence-corrected chi connectivity index (χ0v) is 13.3. The largest absolute Gasteiger partial charge is 0.506 e. The molecule has 0 fully saturated rings. The lowest BCUT2D eigenvalue weighted by atomic mass is 10.2. The first kappa shape index (κ1) is 14.5. The van der Waals surface area contributed by atoms with Gasteiger partial charge in [0, 0.05) is 27.3 Å². The molecule has 0 bridgehead atoms. The van der Waals surface area contributed by atoms with Crippen molar-refractivity contribution in [1.82, 2.24) is 0 Å². The quantitative estimate of drug-likeness (QED) is 0.769. The molecule has 2 nitrogen and oxygen atoms in total. The van der Waals surface area contributed by atoms with E-state index in [1.165, 1.54) is 11.6 Å².